The van der Waals surface area contributed by atoms with Crippen LogP contribution < -0.4 is 0 Å². The van der Waals surface area contributed by atoms with Crippen LogP contribution in [0.25, 0.3) is 64.6 Å². The molecule has 0 aliphatic heterocycles. The molecule has 0 aliphatic carbocycles. The predicted octanol–water partition coefficient (Wildman–Crippen LogP) is 6.93. The van der Waals surface area contributed by atoms with Gasteiger partial charge in [0.1, 0.15) is 9.79 Å². The van der Waals surface area contributed by atoms with E-state index in [1.807, 2.05) is 72.8 Å². The van der Waals surface area contributed by atoms with Crippen molar-refractivity contribution in [3.05, 3.63) is 109 Å². The average molecular weight is 571 g/mol. The third-order valence-electron chi connectivity index (χ3n) is 7.70. The summed E-state index contributed by atoms with van der Waals surface area (Å²) in [5, 5.41) is 9.84. The molecule has 5 nitrogen and oxygen atoms in total. The molecule has 0 aliphatic rings. The van der Waals surface area contributed by atoms with Gasteiger partial charge in [0.05, 0.1) is 0 Å². The predicted molar refractivity (Wildman–Crippen MR) is 163 cm³/mol. The van der Waals surface area contributed by atoms with E-state index in [0.717, 1.165) is 53.9 Å². The van der Waals surface area contributed by atoms with Gasteiger partial charge in [0.2, 0.25) is 0 Å². The Bertz CT molecular complexity index is 2300. The summed E-state index contributed by atoms with van der Waals surface area (Å²) in [5.41, 5.74) is 0. The first-order valence-electron chi connectivity index (χ1n) is 12.4. The fourth-order valence-corrected chi connectivity index (χ4v) is 8.92. The first kappa shape index (κ1) is 25.7. The van der Waals surface area contributed by atoms with Crippen molar-refractivity contribution >= 4 is 114 Å². The van der Waals surface area contributed by atoms with Crippen LogP contribution in [0.3, 0.4) is 0 Å². The van der Waals surface area contributed by atoms with E-state index in [0.29, 0.717) is 10.8 Å². The zero-order valence-electron chi connectivity index (χ0n) is 20.3. The molecule has 0 fully saturated rings. The Morgan fingerprint density at radius 3 is 1.05 bits per heavy atom. The molecule has 0 bridgehead atoms. The van der Waals surface area contributed by atoms with Gasteiger partial charge in [0, 0.05) is 10.8 Å². The number of benzene rings is 8. The van der Waals surface area contributed by atoms with E-state index in [4.69, 9.17) is 3.63 Å². The topological polar surface area (TPSA) is 77.5 Å². The molecular weight excluding hydrogens is 551 g/mol. The van der Waals surface area contributed by atoms with E-state index in [9.17, 15) is 16.8 Å². The van der Waals surface area contributed by atoms with Crippen molar-refractivity contribution in [1.29, 1.82) is 0 Å². The Kier molecular flexibility index (Phi) is 5.67. The quantitative estimate of drug-likeness (QED) is 0.169. The summed E-state index contributed by atoms with van der Waals surface area (Å²) in [6, 6.07) is 32.9. The van der Waals surface area contributed by atoms with Crippen molar-refractivity contribution in [1.82, 2.24) is 0 Å². The molecule has 0 aromatic heterocycles. The molecule has 0 amide bonds. The van der Waals surface area contributed by atoms with E-state index in [1.165, 1.54) is 12.1 Å². The van der Waals surface area contributed by atoms with E-state index in [1.54, 1.807) is 24.3 Å². The minimum atomic E-state index is -4.71. The van der Waals surface area contributed by atoms with E-state index >= 15 is 0 Å². The van der Waals surface area contributed by atoms with Gasteiger partial charge in [0.25, 0.3) is 0 Å². The molecule has 0 N–H and O–H groups in total. The summed E-state index contributed by atoms with van der Waals surface area (Å²) in [5.74, 6) is 0. The molecule has 0 heterocycles. The van der Waals surface area contributed by atoms with Crippen LogP contribution in [-0.2, 0) is 23.9 Å². The van der Waals surface area contributed by atoms with Crippen molar-refractivity contribution in [2.45, 2.75) is 9.79 Å². The Balaban J connectivity index is 0.00000264. The van der Waals surface area contributed by atoms with Crippen LogP contribution in [-0.4, -0.2) is 46.4 Å². The molecule has 190 valence electrons. The zero-order chi connectivity index (χ0) is 26.5. The van der Waals surface area contributed by atoms with Crippen LogP contribution in [0.5, 0.6) is 0 Å². The maximum absolute atomic E-state index is 13.6. The number of hydrogen-bond acceptors (Lipinski definition) is 5. The van der Waals surface area contributed by atoms with Crippen molar-refractivity contribution in [2.75, 3.05) is 0 Å². The van der Waals surface area contributed by atoms with Gasteiger partial charge >= 0.3 is 49.8 Å². The summed E-state index contributed by atoms with van der Waals surface area (Å²) in [6.45, 7) is 0. The van der Waals surface area contributed by atoms with Gasteiger partial charge in [-0.3, -0.25) is 0 Å². The number of hydrogen-bond donors (Lipinski definition) is 0. The standard InChI is InChI=1S/C32H18O5S2.Na.H/c33-38(34,27-17-13-23-9-7-19-3-1-5-21-11-15-25(27)31(23)29(19)21)37-39(35,36)28-18-14-24-10-8-20-4-2-6-22-12-16-26(28)32(24)30(20)22;;/h1-18H;;. The summed E-state index contributed by atoms with van der Waals surface area (Å²) >= 11 is 0. The Morgan fingerprint density at radius 2 is 0.675 bits per heavy atom. The van der Waals surface area contributed by atoms with Crippen LogP contribution >= 0.6 is 0 Å². The second kappa shape index (κ2) is 8.85. The zero-order valence-corrected chi connectivity index (χ0v) is 21.9. The molecule has 0 saturated carbocycles. The second-order valence-electron chi connectivity index (χ2n) is 9.82. The first-order chi connectivity index (χ1) is 18.8. The molecule has 8 aromatic rings. The fourth-order valence-electron chi connectivity index (χ4n) is 6.04. The average Bonchev–Trinajstić information content (AvgIpc) is 2.94. The molecule has 8 rings (SSSR count). The van der Waals surface area contributed by atoms with Gasteiger partial charge < -0.3 is 0 Å². The van der Waals surface area contributed by atoms with Gasteiger partial charge in [-0.25, -0.2) is 0 Å². The third kappa shape index (κ3) is 3.59. The van der Waals surface area contributed by atoms with E-state index < -0.39 is 20.2 Å². The monoisotopic (exact) mass is 570 g/mol. The molecule has 8 aromatic carbocycles. The second-order valence-corrected chi connectivity index (χ2v) is 13.1. The normalized spacial score (nSPS) is 12.8. The van der Waals surface area contributed by atoms with Gasteiger partial charge in [-0.2, -0.15) is 16.8 Å². The molecule has 0 unspecified atom stereocenters. The molecule has 0 saturated heterocycles. The molecule has 40 heavy (non-hydrogen) atoms. The van der Waals surface area contributed by atoms with Crippen LogP contribution in [0, 0.1) is 0 Å². The number of rotatable bonds is 4. The SMILES string of the molecule is O=S(=O)(OS(=O)(=O)c1ccc2ccc3cccc4ccc1c2c34)c1ccc2ccc3cccc4ccc1c2c34.[NaH]. The summed E-state index contributed by atoms with van der Waals surface area (Å²) < 4.78 is 59.7. The van der Waals surface area contributed by atoms with Crippen LogP contribution in [0.1, 0.15) is 0 Å². The molecule has 0 atom stereocenters. The maximum atomic E-state index is 13.6. The molecule has 8 heteroatoms. The van der Waals surface area contributed by atoms with Gasteiger partial charge in [-0.05, 0) is 66.0 Å². The summed E-state index contributed by atoms with van der Waals surface area (Å²) in [4.78, 5) is -0.371. The van der Waals surface area contributed by atoms with Crippen LogP contribution in [0.2, 0.25) is 0 Å². The van der Waals surface area contributed by atoms with E-state index in [-0.39, 0.29) is 39.3 Å². The molecule has 0 radical (unpaired) electrons. The minimum absolute atomic E-state index is 0. The summed E-state index contributed by atoms with van der Waals surface area (Å²) in [6.07, 6.45) is 0. The van der Waals surface area contributed by atoms with Crippen molar-refractivity contribution in [3.63, 3.8) is 0 Å². The van der Waals surface area contributed by atoms with Crippen LogP contribution in [0.4, 0.5) is 0 Å². The Morgan fingerprint density at radius 1 is 0.375 bits per heavy atom. The van der Waals surface area contributed by atoms with Gasteiger partial charge in [-0.1, -0.05) is 97.1 Å². The Labute approximate surface area is 252 Å². The van der Waals surface area contributed by atoms with Crippen molar-refractivity contribution in [2.24, 2.45) is 0 Å². The van der Waals surface area contributed by atoms with Gasteiger partial charge in [-0.15, -0.1) is 3.63 Å². The van der Waals surface area contributed by atoms with E-state index in [2.05, 4.69) is 0 Å². The van der Waals surface area contributed by atoms with Crippen molar-refractivity contribution < 1.29 is 20.5 Å². The van der Waals surface area contributed by atoms with Crippen LogP contribution in [0.15, 0.2) is 119 Å². The first-order valence-corrected chi connectivity index (χ1v) is 15.2. The third-order valence-corrected chi connectivity index (χ3v) is 10.9. The molecule has 0 spiro atoms. The summed E-state index contributed by atoms with van der Waals surface area (Å²) in [7, 11) is -9.42. The fraction of sp³-hybridized carbons (Fsp3) is 0. The van der Waals surface area contributed by atoms with Gasteiger partial charge in [0.15, 0.2) is 0 Å². The Hall–Kier alpha value is -3.30. The van der Waals surface area contributed by atoms with Crippen molar-refractivity contribution in [3.8, 4) is 0 Å². The molecular formula is C32H19NaO5S2.